The van der Waals surface area contributed by atoms with Crippen LogP contribution in [-0.2, 0) is 12.7 Å². The molecule has 1 heterocycles. The van der Waals surface area contributed by atoms with Crippen LogP contribution in [0, 0.1) is 3.70 Å². The Labute approximate surface area is 123 Å². The van der Waals surface area contributed by atoms with Crippen LogP contribution in [0.5, 0.6) is 0 Å². The van der Waals surface area contributed by atoms with E-state index < -0.39 is 11.7 Å². The molecule has 0 saturated carbocycles. The van der Waals surface area contributed by atoms with E-state index in [-0.39, 0.29) is 0 Å². The van der Waals surface area contributed by atoms with Gasteiger partial charge < -0.3 is 0 Å². The highest BCUT2D eigenvalue weighted by atomic mass is 127. The Bertz CT molecular complexity index is 546. The monoisotopic (exact) mass is 430 g/mol. The molecule has 0 aliphatic carbocycles. The smallest absolute Gasteiger partial charge is 0.266 e. The second-order valence-electron chi connectivity index (χ2n) is 3.66. The van der Waals surface area contributed by atoms with E-state index in [4.69, 9.17) is 0 Å². The Morgan fingerprint density at radius 1 is 1.33 bits per heavy atom. The van der Waals surface area contributed by atoms with Gasteiger partial charge in [-0.15, -0.1) is 0 Å². The second kappa shape index (κ2) is 5.20. The normalized spacial score (nSPS) is 11.8. The molecule has 0 atom stereocenters. The van der Waals surface area contributed by atoms with Crippen molar-refractivity contribution in [2.45, 2.75) is 12.7 Å². The quantitative estimate of drug-likeness (QED) is 0.649. The minimum atomic E-state index is -4.31. The van der Waals surface area contributed by atoms with E-state index >= 15 is 0 Å². The highest BCUT2D eigenvalue weighted by Crippen LogP contribution is 2.29. The summed E-state index contributed by atoms with van der Waals surface area (Å²) in [5.74, 6) is 0. The third kappa shape index (κ3) is 3.25. The van der Waals surface area contributed by atoms with Crippen LogP contribution >= 0.6 is 38.5 Å². The van der Waals surface area contributed by atoms with E-state index in [1.165, 1.54) is 6.07 Å². The van der Waals surface area contributed by atoms with Crippen molar-refractivity contribution in [3.8, 4) is 0 Å². The lowest BCUT2D eigenvalue weighted by Gasteiger charge is -2.08. The third-order valence-electron chi connectivity index (χ3n) is 2.27. The summed E-state index contributed by atoms with van der Waals surface area (Å²) in [5.41, 5.74) is -0.0721. The number of hydrogen-bond donors (Lipinski definition) is 0. The molecule has 2 rings (SSSR count). The summed E-state index contributed by atoms with van der Waals surface area (Å²) in [6, 6.07) is 5.26. The van der Waals surface area contributed by atoms with Crippen molar-refractivity contribution in [2.24, 2.45) is 0 Å². The van der Waals surface area contributed by atoms with Gasteiger partial charge >= 0.3 is 6.18 Å². The van der Waals surface area contributed by atoms with E-state index in [0.29, 0.717) is 12.1 Å². The van der Waals surface area contributed by atoms with Crippen LogP contribution in [0.25, 0.3) is 0 Å². The molecular formula is C11H7BrF3IN2. The maximum atomic E-state index is 12.5. The van der Waals surface area contributed by atoms with Crippen molar-refractivity contribution in [1.29, 1.82) is 0 Å². The lowest BCUT2D eigenvalue weighted by atomic mass is 10.1. The molecule has 0 radical (unpaired) electrons. The molecule has 2 nitrogen and oxygen atoms in total. The van der Waals surface area contributed by atoms with Crippen LogP contribution in [0.2, 0.25) is 0 Å². The number of hydrogen-bond acceptors (Lipinski definition) is 1. The zero-order valence-corrected chi connectivity index (χ0v) is 12.6. The molecule has 0 N–H and O–H groups in total. The minimum absolute atomic E-state index is 0.311. The topological polar surface area (TPSA) is 17.8 Å². The molecule has 1 aromatic carbocycles. The van der Waals surface area contributed by atoms with Crippen LogP contribution in [0.1, 0.15) is 11.1 Å². The molecule has 0 bridgehead atoms. The molecule has 0 unspecified atom stereocenters. The Morgan fingerprint density at radius 3 is 2.61 bits per heavy atom. The lowest BCUT2D eigenvalue weighted by molar-refractivity contribution is -0.137. The first-order chi connectivity index (χ1) is 8.36. The van der Waals surface area contributed by atoms with Gasteiger partial charge in [0, 0.05) is 6.20 Å². The first-order valence-electron chi connectivity index (χ1n) is 4.91. The summed E-state index contributed by atoms with van der Waals surface area (Å²) in [5, 5.41) is 4.17. The molecule has 0 amide bonds. The fourth-order valence-electron chi connectivity index (χ4n) is 1.49. The van der Waals surface area contributed by atoms with Gasteiger partial charge in [-0.1, -0.05) is 12.1 Å². The Morgan fingerprint density at radius 2 is 2.06 bits per heavy atom. The maximum absolute atomic E-state index is 12.5. The number of rotatable bonds is 2. The van der Waals surface area contributed by atoms with Gasteiger partial charge in [0.05, 0.1) is 16.6 Å². The lowest BCUT2D eigenvalue weighted by Crippen LogP contribution is -2.07. The van der Waals surface area contributed by atoms with E-state index in [0.717, 1.165) is 20.3 Å². The maximum Gasteiger partial charge on any atom is 0.416 e. The van der Waals surface area contributed by atoms with Crippen molar-refractivity contribution in [2.75, 3.05) is 0 Å². The molecule has 2 aromatic rings. The van der Waals surface area contributed by atoms with Crippen molar-refractivity contribution in [1.82, 2.24) is 9.78 Å². The fraction of sp³-hybridized carbons (Fsp3) is 0.182. The minimum Gasteiger partial charge on any atom is -0.266 e. The third-order valence-corrected chi connectivity index (χ3v) is 4.39. The van der Waals surface area contributed by atoms with E-state index in [9.17, 15) is 13.2 Å². The number of benzene rings is 1. The van der Waals surface area contributed by atoms with Gasteiger partial charge in [0.25, 0.3) is 0 Å². The van der Waals surface area contributed by atoms with Crippen LogP contribution in [0.3, 0.4) is 0 Å². The number of nitrogens with zero attached hydrogens (tertiary/aromatic N) is 2. The molecule has 0 aliphatic heterocycles. The first-order valence-corrected chi connectivity index (χ1v) is 6.78. The van der Waals surface area contributed by atoms with Gasteiger partial charge in [-0.2, -0.15) is 18.3 Å². The van der Waals surface area contributed by atoms with Crippen LogP contribution in [-0.4, -0.2) is 9.78 Å². The van der Waals surface area contributed by atoms with Crippen LogP contribution in [0.4, 0.5) is 13.2 Å². The Balaban J connectivity index is 2.24. The first kappa shape index (κ1) is 13.9. The molecule has 0 spiro atoms. The molecular weight excluding hydrogens is 424 g/mol. The zero-order chi connectivity index (χ0) is 13.3. The Hall–Kier alpha value is -0.570. The average molecular weight is 431 g/mol. The zero-order valence-electron chi connectivity index (χ0n) is 8.88. The standard InChI is InChI=1S/C11H7BrF3IN2/c12-9-6-18(17-10(9)16)5-7-2-1-3-8(4-7)11(13,14)15/h1-4,6H,5H2. The molecule has 96 valence electrons. The molecule has 0 saturated heterocycles. The number of halogens is 5. The number of alkyl halides is 3. The van der Waals surface area contributed by atoms with E-state index in [1.54, 1.807) is 16.9 Å². The Kier molecular flexibility index (Phi) is 4.00. The predicted octanol–water partition coefficient (Wildman–Crippen LogP) is 4.32. The summed E-state index contributed by atoms with van der Waals surface area (Å²) < 4.78 is 40.8. The largest absolute Gasteiger partial charge is 0.416 e. The molecule has 0 fully saturated rings. The molecule has 0 aliphatic rings. The van der Waals surface area contributed by atoms with Crippen molar-refractivity contribution >= 4 is 38.5 Å². The summed E-state index contributed by atoms with van der Waals surface area (Å²) in [4.78, 5) is 0. The fourth-order valence-corrected chi connectivity index (χ4v) is 2.22. The van der Waals surface area contributed by atoms with Crippen LogP contribution < -0.4 is 0 Å². The average Bonchev–Trinajstić information content (AvgIpc) is 2.57. The van der Waals surface area contributed by atoms with E-state index in [2.05, 4.69) is 21.0 Å². The summed E-state index contributed by atoms with van der Waals surface area (Å²) in [6.07, 6.45) is -2.57. The van der Waals surface area contributed by atoms with Gasteiger partial charge in [-0.3, -0.25) is 4.68 Å². The molecule has 18 heavy (non-hydrogen) atoms. The highest BCUT2D eigenvalue weighted by Gasteiger charge is 2.30. The van der Waals surface area contributed by atoms with Gasteiger partial charge in [0.15, 0.2) is 0 Å². The van der Waals surface area contributed by atoms with Crippen molar-refractivity contribution in [3.63, 3.8) is 0 Å². The van der Waals surface area contributed by atoms with E-state index in [1.807, 2.05) is 22.6 Å². The van der Waals surface area contributed by atoms with Gasteiger partial charge in [0.2, 0.25) is 0 Å². The second-order valence-corrected chi connectivity index (χ2v) is 5.54. The van der Waals surface area contributed by atoms with Crippen LogP contribution in [0.15, 0.2) is 34.9 Å². The molecule has 7 heteroatoms. The van der Waals surface area contributed by atoms with Gasteiger partial charge in [-0.25, -0.2) is 0 Å². The van der Waals surface area contributed by atoms with Gasteiger partial charge in [-0.05, 0) is 56.2 Å². The SMILES string of the molecule is FC(F)(F)c1cccc(Cn2cc(Br)c(I)n2)c1. The number of aromatic nitrogens is 2. The molecule has 1 aromatic heterocycles. The summed E-state index contributed by atoms with van der Waals surface area (Å²) in [6.45, 7) is 0.311. The van der Waals surface area contributed by atoms with Gasteiger partial charge in [0.1, 0.15) is 3.70 Å². The highest BCUT2D eigenvalue weighted by molar-refractivity contribution is 14.1. The van der Waals surface area contributed by atoms with Crippen molar-refractivity contribution < 1.29 is 13.2 Å². The summed E-state index contributed by atoms with van der Waals surface area (Å²) >= 11 is 5.35. The summed E-state index contributed by atoms with van der Waals surface area (Å²) in [7, 11) is 0. The predicted molar refractivity (Wildman–Crippen MR) is 73.2 cm³/mol. The van der Waals surface area contributed by atoms with Crippen molar-refractivity contribution in [3.05, 3.63) is 49.8 Å².